The first kappa shape index (κ1) is 21.2. The highest BCUT2D eigenvalue weighted by molar-refractivity contribution is 5.99. The molecule has 0 spiro atoms. The predicted octanol–water partition coefficient (Wildman–Crippen LogP) is 2.91. The lowest BCUT2D eigenvalue weighted by Gasteiger charge is -2.30. The SMILES string of the molecule is CCn1c2c(c(=O)n3ncc(C(=O)NCc4ccc(C)o4)c13)CN(Cc1ccccc1)CC2. The van der Waals surface area contributed by atoms with E-state index in [9.17, 15) is 9.59 Å². The van der Waals surface area contributed by atoms with Gasteiger partial charge in [-0.05, 0) is 31.5 Å². The summed E-state index contributed by atoms with van der Waals surface area (Å²) >= 11 is 0. The molecule has 1 amide bonds. The molecular weight excluding hydrogens is 418 g/mol. The number of hydrogen-bond donors (Lipinski definition) is 1. The quantitative estimate of drug-likeness (QED) is 0.493. The zero-order valence-corrected chi connectivity index (χ0v) is 18.9. The van der Waals surface area contributed by atoms with Crippen LogP contribution in [0.3, 0.4) is 0 Å². The summed E-state index contributed by atoms with van der Waals surface area (Å²) in [5.41, 5.74) is 3.77. The van der Waals surface area contributed by atoms with E-state index in [1.807, 2.05) is 44.2 Å². The molecule has 33 heavy (non-hydrogen) atoms. The molecule has 4 heterocycles. The van der Waals surface area contributed by atoms with Gasteiger partial charge in [-0.1, -0.05) is 30.3 Å². The Morgan fingerprint density at radius 3 is 2.73 bits per heavy atom. The number of rotatable bonds is 6. The Kier molecular flexibility index (Phi) is 5.60. The minimum Gasteiger partial charge on any atom is -0.465 e. The summed E-state index contributed by atoms with van der Waals surface area (Å²) in [6.07, 6.45) is 2.23. The molecule has 0 bridgehead atoms. The van der Waals surface area contributed by atoms with Gasteiger partial charge >= 0.3 is 0 Å². The van der Waals surface area contributed by atoms with Crippen molar-refractivity contribution in [2.24, 2.45) is 0 Å². The van der Waals surface area contributed by atoms with Gasteiger partial charge in [0, 0.05) is 38.3 Å². The molecule has 3 aromatic heterocycles. The van der Waals surface area contributed by atoms with E-state index in [4.69, 9.17) is 4.42 Å². The summed E-state index contributed by atoms with van der Waals surface area (Å²) in [6, 6.07) is 14.0. The number of aryl methyl sites for hydroxylation is 2. The van der Waals surface area contributed by atoms with Gasteiger partial charge in [-0.3, -0.25) is 14.5 Å². The van der Waals surface area contributed by atoms with Gasteiger partial charge in [-0.25, -0.2) is 0 Å². The van der Waals surface area contributed by atoms with Gasteiger partial charge in [0.05, 0.1) is 18.3 Å². The van der Waals surface area contributed by atoms with Gasteiger partial charge < -0.3 is 14.3 Å². The van der Waals surface area contributed by atoms with E-state index in [0.29, 0.717) is 30.1 Å². The maximum Gasteiger partial charge on any atom is 0.279 e. The lowest BCUT2D eigenvalue weighted by molar-refractivity contribution is 0.0949. The third-order valence-corrected chi connectivity index (χ3v) is 6.20. The fraction of sp³-hybridized carbons (Fsp3) is 0.320. The lowest BCUT2D eigenvalue weighted by Crippen LogP contribution is -2.38. The highest BCUT2D eigenvalue weighted by atomic mass is 16.3. The van der Waals surface area contributed by atoms with Crippen LogP contribution in [0, 0.1) is 6.92 Å². The first-order valence-corrected chi connectivity index (χ1v) is 11.3. The lowest BCUT2D eigenvalue weighted by atomic mass is 10.0. The second kappa shape index (κ2) is 8.71. The molecule has 1 aliphatic rings. The third-order valence-electron chi connectivity index (χ3n) is 6.20. The van der Waals surface area contributed by atoms with E-state index < -0.39 is 0 Å². The van der Waals surface area contributed by atoms with Crippen LogP contribution in [0.2, 0.25) is 0 Å². The van der Waals surface area contributed by atoms with Crippen molar-refractivity contribution in [1.29, 1.82) is 0 Å². The average molecular weight is 446 g/mol. The first-order chi connectivity index (χ1) is 16.0. The molecule has 170 valence electrons. The second-order valence-electron chi connectivity index (χ2n) is 8.41. The van der Waals surface area contributed by atoms with Crippen LogP contribution in [0.4, 0.5) is 0 Å². The standard InChI is InChI=1S/C25H27N5O3/c1-3-29-22-11-12-28(15-18-7-5-4-6-8-18)16-21(22)25(32)30-24(29)20(14-27-30)23(31)26-13-19-10-9-17(2)33-19/h4-10,14H,3,11-13,15-16H2,1-2H3,(H,26,31). The number of fused-ring (bicyclic) bond motifs is 2. The Balaban J connectivity index is 1.46. The van der Waals surface area contributed by atoms with Crippen molar-refractivity contribution in [2.75, 3.05) is 6.54 Å². The van der Waals surface area contributed by atoms with E-state index in [-0.39, 0.29) is 18.0 Å². The van der Waals surface area contributed by atoms with Crippen molar-refractivity contribution >= 4 is 11.6 Å². The number of benzene rings is 1. The molecule has 5 rings (SSSR count). The van der Waals surface area contributed by atoms with Gasteiger partial charge in [-0.15, -0.1) is 0 Å². The Labute approximate surface area is 191 Å². The van der Waals surface area contributed by atoms with Crippen LogP contribution in [0.15, 0.2) is 57.9 Å². The summed E-state index contributed by atoms with van der Waals surface area (Å²) in [7, 11) is 0. The van der Waals surface area contributed by atoms with Gasteiger partial charge in [0.1, 0.15) is 17.1 Å². The molecule has 1 N–H and O–H groups in total. The van der Waals surface area contributed by atoms with Crippen molar-refractivity contribution < 1.29 is 9.21 Å². The molecule has 1 aromatic carbocycles. The summed E-state index contributed by atoms with van der Waals surface area (Å²) in [5, 5.41) is 7.19. The van der Waals surface area contributed by atoms with Crippen LogP contribution < -0.4 is 10.9 Å². The Morgan fingerprint density at radius 2 is 2.00 bits per heavy atom. The monoisotopic (exact) mass is 445 g/mol. The predicted molar refractivity (Wildman–Crippen MR) is 124 cm³/mol. The van der Waals surface area contributed by atoms with Crippen LogP contribution in [0.5, 0.6) is 0 Å². The van der Waals surface area contributed by atoms with Crippen molar-refractivity contribution in [3.63, 3.8) is 0 Å². The first-order valence-electron chi connectivity index (χ1n) is 11.3. The summed E-state index contributed by atoms with van der Waals surface area (Å²) in [4.78, 5) is 28.6. The molecule has 0 saturated heterocycles. The van der Waals surface area contributed by atoms with E-state index in [0.717, 1.165) is 36.5 Å². The summed E-state index contributed by atoms with van der Waals surface area (Å²) < 4.78 is 8.97. The highest BCUT2D eigenvalue weighted by Crippen LogP contribution is 2.22. The number of carbonyl (C=O) groups excluding carboxylic acids is 1. The molecule has 0 aliphatic carbocycles. The minimum absolute atomic E-state index is 0.150. The van der Waals surface area contributed by atoms with Crippen LogP contribution in [0.25, 0.3) is 5.65 Å². The molecule has 8 nitrogen and oxygen atoms in total. The number of hydrogen-bond acceptors (Lipinski definition) is 5. The van der Waals surface area contributed by atoms with Crippen LogP contribution in [0.1, 0.15) is 45.6 Å². The number of nitrogens with zero attached hydrogens (tertiary/aromatic N) is 4. The number of carbonyl (C=O) groups is 1. The number of furan rings is 1. The van der Waals surface area contributed by atoms with Crippen LogP contribution >= 0.6 is 0 Å². The van der Waals surface area contributed by atoms with Crippen molar-refractivity contribution in [3.05, 3.63) is 92.9 Å². The summed E-state index contributed by atoms with van der Waals surface area (Å²) in [6.45, 7) is 7.03. The molecule has 4 aromatic rings. The second-order valence-corrected chi connectivity index (χ2v) is 8.41. The van der Waals surface area contributed by atoms with Crippen LogP contribution in [-0.4, -0.2) is 31.5 Å². The van der Waals surface area contributed by atoms with Crippen LogP contribution in [-0.2, 0) is 32.6 Å². The number of amides is 1. The zero-order valence-electron chi connectivity index (χ0n) is 18.9. The Morgan fingerprint density at radius 1 is 1.18 bits per heavy atom. The Hall–Kier alpha value is -3.65. The molecule has 8 heteroatoms. The number of nitrogens with one attached hydrogen (secondary N) is 1. The molecule has 0 radical (unpaired) electrons. The van der Waals surface area contributed by atoms with Gasteiger partial charge in [0.15, 0.2) is 5.65 Å². The smallest absolute Gasteiger partial charge is 0.279 e. The van der Waals surface area contributed by atoms with E-state index in [1.54, 1.807) is 0 Å². The molecular formula is C25H27N5O3. The third kappa shape index (κ3) is 3.98. The minimum atomic E-state index is -0.276. The topological polar surface area (TPSA) is 84.8 Å². The molecule has 0 atom stereocenters. The maximum absolute atomic E-state index is 13.4. The van der Waals surface area contributed by atoms with Gasteiger partial charge in [0.2, 0.25) is 0 Å². The Bertz CT molecular complexity index is 1370. The van der Waals surface area contributed by atoms with E-state index in [1.165, 1.54) is 16.3 Å². The van der Waals surface area contributed by atoms with Gasteiger partial charge in [0.25, 0.3) is 11.5 Å². The fourth-order valence-corrected chi connectivity index (χ4v) is 4.62. The van der Waals surface area contributed by atoms with Gasteiger partial charge in [-0.2, -0.15) is 9.61 Å². The largest absolute Gasteiger partial charge is 0.465 e. The van der Waals surface area contributed by atoms with Crippen molar-refractivity contribution in [3.8, 4) is 0 Å². The molecule has 0 saturated carbocycles. The molecule has 1 aliphatic heterocycles. The van der Waals surface area contributed by atoms with Crippen molar-refractivity contribution in [1.82, 2.24) is 24.4 Å². The van der Waals surface area contributed by atoms with Crippen molar-refractivity contribution in [2.45, 2.75) is 46.4 Å². The number of aromatic nitrogens is 3. The summed E-state index contributed by atoms with van der Waals surface area (Å²) in [5.74, 6) is 1.20. The molecule has 0 fully saturated rings. The normalized spacial score (nSPS) is 13.9. The van der Waals surface area contributed by atoms with E-state index >= 15 is 0 Å². The average Bonchev–Trinajstić information content (AvgIpc) is 3.45. The highest BCUT2D eigenvalue weighted by Gasteiger charge is 2.27. The van der Waals surface area contributed by atoms with E-state index in [2.05, 4.69) is 32.0 Å². The zero-order chi connectivity index (χ0) is 22.9. The fourth-order valence-electron chi connectivity index (χ4n) is 4.62. The maximum atomic E-state index is 13.4. The molecule has 0 unspecified atom stereocenters.